The van der Waals surface area contributed by atoms with Crippen molar-refractivity contribution in [2.45, 2.75) is 71.1 Å². The van der Waals surface area contributed by atoms with Gasteiger partial charge in [-0.15, -0.1) is 0 Å². The van der Waals surface area contributed by atoms with Gasteiger partial charge in [-0.2, -0.15) is 0 Å². The molecule has 26 heavy (non-hydrogen) atoms. The van der Waals surface area contributed by atoms with Gasteiger partial charge in [0, 0.05) is 13.3 Å². The fourth-order valence-corrected chi connectivity index (χ4v) is 2.43. The topological polar surface area (TPSA) is 119 Å². The van der Waals surface area contributed by atoms with E-state index < -0.39 is 24.3 Å². The predicted molar refractivity (Wildman–Crippen MR) is 96.5 cm³/mol. The molecule has 2 atom stereocenters. The number of nitrogens with two attached hydrogens (primary N) is 1. The first-order chi connectivity index (χ1) is 12.3. The molecule has 0 radical (unpaired) electrons. The van der Waals surface area contributed by atoms with Crippen molar-refractivity contribution in [3.05, 3.63) is 23.8 Å². The second-order valence-electron chi connectivity index (χ2n) is 6.29. The molecule has 0 amide bonds. The fraction of sp³-hybridized carbons (Fsp3) is 0.579. The second-order valence-corrected chi connectivity index (χ2v) is 6.29. The molecule has 0 aromatic heterocycles. The zero-order chi connectivity index (χ0) is 19.5. The lowest BCUT2D eigenvalue weighted by molar-refractivity contribution is -0.185. The molecule has 7 nitrogen and oxygen atoms in total. The summed E-state index contributed by atoms with van der Waals surface area (Å²) in [5.41, 5.74) is 6.35. The molecular formula is C19H29NO6. The van der Waals surface area contributed by atoms with Crippen LogP contribution >= 0.6 is 0 Å². The summed E-state index contributed by atoms with van der Waals surface area (Å²) in [6, 6.07) is 3.21. The standard InChI is InChI=1S/C19H29NO6/c1-3-4-5-6-7-8-18(23)25-13(2)26-19(24)15(20)11-14-9-10-16(21)17(22)12-14/h9-10,12-13,15,21-22H,3-8,11,20H2,1-2H3. The molecule has 0 heterocycles. The summed E-state index contributed by atoms with van der Waals surface area (Å²) >= 11 is 0. The van der Waals surface area contributed by atoms with Crippen molar-refractivity contribution in [1.29, 1.82) is 0 Å². The van der Waals surface area contributed by atoms with E-state index in [1.165, 1.54) is 19.1 Å². The van der Waals surface area contributed by atoms with Crippen molar-refractivity contribution in [2.24, 2.45) is 5.73 Å². The van der Waals surface area contributed by atoms with Crippen LogP contribution in [0.15, 0.2) is 18.2 Å². The molecule has 0 aliphatic rings. The zero-order valence-corrected chi connectivity index (χ0v) is 15.4. The molecule has 2 unspecified atom stereocenters. The fourth-order valence-electron chi connectivity index (χ4n) is 2.43. The van der Waals surface area contributed by atoms with Crippen LogP contribution in [0, 0.1) is 0 Å². The molecule has 0 spiro atoms. The Labute approximate surface area is 154 Å². The minimum Gasteiger partial charge on any atom is -0.504 e. The Morgan fingerprint density at radius 1 is 1.08 bits per heavy atom. The molecule has 146 valence electrons. The number of hydrogen-bond acceptors (Lipinski definition) is 7. The van der Waals surface area contributed by atoms with E-state index in [0.29, 0.717) is 12.0 Å². The minimum atomic E-state index is -1.01. The zero-order valence-electron chi connectivity index (χ0n) is 15.4. The molecule has 0 bridgehead atoms. The number of ether oxygens (including phenoxy) is 2. The molecule has 1 aromatic carbocycles. The number of unbranched alkanes of at least 4 members (excludes halogenated alkanes) is 4. The quantitative estimate of drug-likeness (QED) is 0.238. The van der Waals surface area contributed by atoms with Crippen molar-refractivity contribution in [2.75, 3.05) is 0 Å². The van der Waals surface area contributed by atoms with Gasteiger partial charge in [-0.25, -0.2) is 0 Å². The average Bonchev–Trinajstić information content (AvgIpc) is 2.57. The van der Waals surface area contributed by atoms with E-state index in [4.69, 9.17) is 15.2 Å². The molecule has 0 saturated heterocycles. The first kappa shape index (κ1) is 21.8. The third-order valence-electron chi connectivity index (χ3n) is 3.86. The molecule has 1 aromatic rings. The Morgan fingerprint density at radius 2 is 1.77 bits per heavy atom. The number of benzene rings is 1. The van der Waals surface area contributed by atoms with Gasteiger partial charge in [0.05, 0.1) is 0 Å². The van der Waals surface area contributed by atoms with Gasteiger partial charge in [-0.3, -0.25) is 9.59 Å². The van der Waals surface area contributed by atoms with E-state index in [1.54, 1.807) is 6.07 Å². The van der Waals surface area contributed by atoms with Crippen LogP contribution in [0.2, 0.25) is 0 Å². The lowest BCUT2D eigenvalue weighted by Gasteiger charge is -2.17. The summed E-state index contributed by atoms with van der Waals surface area (Å²) < 4.78 is 10.1. The maximum absolute atomic E-state index is 12.0. The van der Waals surface area contributed by atoms with E-state index in [1.807, 2.05) is 0 Å². The molecule has 0 aliphatic heterocycles. The molecule has 7 heteroatoms. The highest BCUT2D eigenvalue weighted by molar-refractivity contribution is 5.76. The Bertz CT molecular complexity index is 589. The van der Waals surface area contributed by atoms with Crippen molar-refractivity contribution >= 4 is 11.9 Å². The molecule has 0 fully saturated rings. The number of esters is 2. The van der Waals surface area contributed by atoms with Gasteiger partial charge in [-0.05, 0) is 30.5 Å². The van der Waals surface area contributed by atoms with Crippen LogP contribution in [-0.2, 0) is 25.5 Å². The van der Waals surface area contributed by atoms with Crippen molar-refractivity contribution in [1.82, 2.24) is 0 Å². The summed E-state index contributed by atoms with van der Waals surface area (Å²) in [5, 5.41) is 18.7. The van der Waals surface area contributed by atoms with Crippen LogP contribution in [0.4, 0.5) is 0 Å². The summed E-state index contributed by atoms with van der Waals surface area (Å²) in [5.74, 6) is -1.65. The maximum Gasteiger partial charge on any atom is 0.326 e. The summed E-state index contributed by atoms with van der Waals surface area (Å²) in [4.78, 5) is 23.7. The molecule has 0 saturated carbocycles. The van der Waals surface area contributed by atoms with Gasteiger partial charge >= 0.3 is 11.9 Å². The monoisotopic (exact) mass is 367 g/mol. The first-order valence-electron chi connectivity index (χ1n) is 8.99. The number of carbonyl (C=O) groups is 2. The van der Waals surface area contributed by atoms with Crippen LogP contribution in [-0.4, -0.2) is 34.5 Å². The smallest absolute Gasteiger partial charge is 0.326 e. The van der Waals surface area contributed by atoms with Gasteiger partial charge in [0.15, 0.2) is 11.5 Å². The van der Waals surface area contributed by atoms with Gasteiger partial charge < -0.3 is 25.4 Å². The normalized spacial score (nSPS) is 13.0. The van der Waals surface area contributed by atoms with Crippen molar-refractivity contribution < 1.29 is 29.3 Å². The lowest BCUT2D eigenvalue weighted by Crippen LogP contribution is -2.37. The number of phenols is 2. The Hall–Kier alpha value is -2.28. The van der Waals surface area contributed by atoms with E-state index in [9.17, 15) is 19.8 Å². The number of aromatic hydroxyl groups is 2. The van der Waals surface area contributed by atoms with E-state index >= 15 is 0 Å². The second kappa shape index (κ2) is 11.4. The number of carbonyl (C=O) groups excluding carboxylic acids is 2. The Balaban J connectivity index is 2.33. The van der Waals surface area contributed by atoms with Crippen LogP contribution in [0.25, 0.3) is 0 Å². The first-order valence-corrected chi connectivity index (χ1v) is 8.99. The van der Waals surface area contributed by atoms with Gasteiger partial charge in [0.25, 0.3) is 0 Å². The largest absolute Gasteiger partial charge is 0.504 e. The highest BCUT2D eigenvalue weighted by Crippen LogP contribution is 2.25. The van der Waals surface area contributed by atoms with E-state index in [0.717, 1.165) is 32.1 Å². The number of hydrogen-bond donors (Lipinski definition) is 3. The minimum absolute atomic E-state index is 0.116. The van der Waals surface area contributed by atoms with Crippen LogP contribution in [0.3, 0.4) is 0 Å². The van der Waals surface area contributed by atoms with E-state index in [2.05, 4.69) is 6.92 Å². The van der Waals surface area contributed by atoms with Gasteiger partial charge in [-0.1, -0.05) is 38.7 Å². The number of phenolic OH excluding ortho intramolecular Hbond substituents is 2. The van der Waals surface area contributed by atoms with Crippen LogP contribution < -0.4 is 5.73 Å². The van der Waals surface area contributed by atoms with Crippen molar-refractivity contribution in [3.63, 3.8) is 0 Å². The van der Waals surface area contributed by atoms with Crippen molar-refractivity contribution in [3.8, 4) is 11.5 Å². The number of rotatable bonds is 11. The summed E-state index contributed by atoms with van der Waals surface area (Å²) in [7, 11) is 0. The highest BCUT2D eigenvalue weighted by atomic mass is 16.7. The molecule has 4 N–H and O–H groups in total. The third kappa shape index (κ3) is 8.20. The van der Waals surface area contributed by atoms with Crippen LogP contribution in [0.5, 0.6) is 11.5 Å². The highest BCUT2D eigenvalue weighted by Gasteiger charge is 2.20. The van der Waals surface area contributed by atoms with E-state index in [-0.39, 0.29) is 17.9 Å². The Morgan fingerprint density at radius 3 is 2.42 bits per heavy atom. The van der Waals surface area contributed by atoms with Gasteiger partial charge in [0.1, 0.15) is 6.04 Å². The lowest BCUT2D eigenvalue weighted by atomic mass is 10.1. The predicted octanol–water partition coefficient (Wildman–Crippen LogP) is 2.76. The van der Waals surface area contributed by atoms with Crippen LogP contribution in [0.1, 0.15) is 57.9 Å². The molecule has 1 rings (SSSR count). The molecule has 0 aliphatic carbocycles. The maximum atomic E-state index is 12.0. The Kier molecular flexibility index (Phi) is 9.51. The third-order valence-corrected chi connectivity index (χ3v) is 3.86. The molecular weight excluding hydrogens is 338 g/mol. The summed E-state index contributed by atoms with van der Waals surface area (Å²) in [6.07, 6.45) is 4.52. The SMILES string of the molecule is CCCCCCCC(=O)OC(C)OC(=O)C(N)Cc1ccc(O)c(O)c1. The average molecular weight is 367 g/mol. The summed E-state index contributed by atoms with van der Waals surface area (Å²) in [6.45, 7) is 3.59. The van der Waals surface area contributed by atoms with Gasteiger partial charge in [0.2, 0.25) is 6.29 Å².